The third kappa shape index (κ3) is 3.65. The monoisotopic (exact) mass is 291 g/mol. The maximum atomic E-state index is 12.4. The topological polar surface area (TPSA) is 93.5 Å². The number of rotatable bonds is 4. The van der Waals surface area contributed by atoms with Crippen LogP contribution in [0.3, 0.4) is 0 Å². The van der Waals surface area contributed by atoms with Crippen LogP contribution in [0.1, 0.15) is 31.9 Å². The van der Waals surface area contributed by atoms with Gasteiger partial charge in [-0.3, -0.25) is 4.79 Å². The minimum atomic E-state index is -0.698. The Morgan fingerprint density at radius 1 is 1.33 bits per heavy atom. The number of ether oxygens (including phenoxy) is 1. The number of nitrogens with one attached hydrogen (secondary N) is 2. The van der Waals surface area contributed by atoms with Gasteiger partial charge in [0.1, 0.15) is 11.8 Å². The summed E-state index contributed by atoms with van der Waals surface area (Å²) in [5, 5.41) is 5.46. The molecule has 0 fully saturated rings. The largest absolute Gasteiger partial charge is 0.493 e. The molecule has 0 aromatic heterocycles. The van der Waals surface area contributed by atoms with E-state index in [0.717, 1.165) is 11.3 Å². The van der Waals surface area contributed by atoms with E-state index in [9.17, 15) is 9.59 Å². The molecule has 6 heteroatoms. The van der Waals surface area contributed by atoms with E-state index in [-0.39, 0.29) is 17.9 Å². The van der Waals surface area contributed by atoms with Crippen LogP contribution in [0, 0.1) is 5.92 Å². The summed E-state index contributed by atoms with van der Waals surface area (Å²) in [5.41, 5.74) is 6.09. The second kappa shape index (κ2) is 6.47. The molecule has 1 aromatic rings. The van der Waals surface area contributed by atoms with Crippen molar-refractivity contribution in [3.63, 3.8) is 0 Å². The fourth-order valence-corrected chi connectivity index (χ4v) is 2.44. The molecule has 0 spiro atoms. The van der Waals surface area contributed by atoms with Crippen molar-refractivity contribution in [1.29, 1.82) is 0 Å². The molecule has 6 nitrogen and oxygen atoms in total. The number of para-hydroxylation sites is 1. The summed E-state index contributed by atoms with van der Waals surface area (Å²) >= 11 is 0. The van der Waals surface area contributed by atoms with Crippen LogP contribution >= 0.6 is 0 Å². The number of hydrogen-bond donors (Lipinski definition) is 3. The molecule has 0 aliphatic carbocycles. The quantitative estimate of drug-likeness (QED) is 0.781. The Kier molecular flexibility index (Phi) is 4.67. The predicted octanol–water partition coefficient (Wildman–Crippen LogP) is 1.32. The molecule has 1 aliphatic heterocycles. The highest BCUT2D eigenvalue weighted by atomic mass is 16.5. The van der Waals surface area contributed by atoms with Crippen molar-refractivity contribution < 1.29 is 14.3 Å². The summed E-state index contributed by atoms with van der Waals surface area (Å²) in [6.45, 7) is 4.27. The second-order valence-electron chi connectivity index (χ2n) is 5.47. The Hall–Kier alpha value is -2.24. The highest BCUT2D eigenvalue weighted by molar-refractivity contribution is 5.87. The van der Waals surface area contributed by atoms with Crippen LogP contribution < -0.4 is 21.1 Å². The van der Waals surface area contributed by atoms with Crippen molar-refractivity contribution in [1.82, 2.24) is 10.6 Å². The van der Waals surface area contributed by atoms with Crippen molar-refractivity contribution in [3.05, 3.63) is 29.8 Å². The summed E-state index contributed by atoms with van der Waals surface area (Å²) in [6, 6.07) is 6.18. The van der Waals surface area contributed by atoms with Gasteiger partial charge < -0.3 is 21.1 Å². The molecule has 4 N–H and O–H groups in total. The van der Waals surface area contributed by atoms with Gasteiger partial charge in [0, 0.05) is 12.0 Å². The van der Waals surface area contributed by atoms with Gasteiger partial charge >= 0.3 is 6.03 Å². The van der Waals surface area contributed by atoms with Gasteiger partial charge in [-0.1, -0.05) is 32.0 Å². The molecule has 1 heterocycles. The third-order valence-corrected chi connectivity index (χ3v) is 3.52. The fourth-order valence-electron chi connectivity index (χ4n) is 2.44. The number of benzene rings is 1. The number of primary amides is 1. The van der Waals surface area contributed by atoms with E-state index >= 15 is 0 Å². The standard InChI is InChI=1S/C15H21N3O3/c1-9(2)13(18-15(16)20)14(19)17-11-7-8-21-12-6-4-3-5-10(11)12/h3-6,9,11,13H,7-8H2,1-2H3,(H,17,19)(H3,16,18,20)/t11-,13+/m1/s1. The van der Waals surface area contributed by atoms with Crippen molar-refractivity contribution >= 4 is 11.9 Å². The molecule has 0 bridgehead atoms. The van der Waals surface area contributed by atoms with Gasteiger partial charge in [-0.15, -0.1) is 0 Å². The minimum absolute atomic E-state index is 0.0485. The summed E-state index contributed by atoms with van der Waals surface area (Å²) in [6.07, 6.45) is 0.699. The fraction of sp³-hybridized carbons (Fsp3) is 0.467. The van der Waals surface area contributed by atoms with E-state index in [1.807, 2.05) is 38.1 Å². The molecular formula is C15H21N3O3. The van der Waals surface area contributed by atoms with Crippen molar-refractivity contribution in [3.8, 4) is 5.75 Å². The molecular weight excluding hydrogens is 270 g/mol. The number of fused-ring (bicyclic) bond motifs is 1. The highest BCUT2D eigenvalue weighted by Crippen LogP contribution is 2.31. The van der Waals surface area contributed by atoms with Crippen LogP contribution in [0.25, 0.3) is 0 Å². The zero-order chi connectivity index (χ0) is 15.4. The number of carbonyl (C=O) groups is 2. The molecule has 2 rings (SSSR count). The molecule has 0 saturated heterocycles. The first-order valence-corrected chi connectivity index (χ1v) is 7.07. The Bertz CT molecular complexity index is 531. The van der Waals surface area contributed by atoms with Gasteiger partial charge in [0.15, 0.2) is 0 Å². The predicted molar refractivity (Wildman–Crippen MR) is 78.8 cm³/mol. The molecule has 3 amide bonds. The van der Waals surface area contributed by atoms with Gasteiger partial charge in [-0.05, 0) is 12.0 Å². The summed E-state index contributed by atoms with van der Waals surface area (Å²) in [4.78, 5) is 23.4. The van der Waals surface area contributed by atoms with E-state index in [2.05, 4.69) is 10.6 Å². The zero-order valence-electron chi connectivity index (χ0n) is 12.3. The number of carbonyl (C=O) groups excluding carboxylic acids is 2. The van der Waals surface area contributed by atoms with Gasteiger partial charge in [0.05, 0.1) is 12.6 Å². The maximum absolute atomic E-state index is 12.4. The summed E-state index contributed by atoms with van der Waals surface area (Å²) in [5.74, 6) is 0.510. The molecule has 0 saturated carbocycles. The van der Waals surface area contributed by atoms with Gasteiger partial charge in [0.25, 0.3) is 0 Å². The van der Waals surface area contributed by atoms with Crippen LogP contribution in [0.15, 0.2) is 24.3 Å². The van der Waals surface area contributed by atoms with Gasteiger partial charge in [0.2, 0.25) is 5.91 Å². The van der Waals surface area contributed by atoms with E-state index in [0.29, 0.717) is 13.0 Å². The molecule has 1 aromatic carbocycles. The number of hydrogen-bond acceptors (Lipinski definition) is 3. The normalized spacial score (nSPS) is 18.3. The van der Waals surface area contributed by atoms with Crippen molar-refractivity contribution in [2.45, 2.75) is 32.4 Å². The summed E-state index contributed by atoms with van der Waals surface area (Å²) in [7, 11) is 0. The van der Waals surface area contributed by atoms with Crippen LogP contribution in [0.4, 0.5) is 4.79 Å². The highest BCUT2D eigenvalue weighted by Gasteiger charge is 2.28. The van der Waals surface area contributed by atoms with E-state index < -0.39 is 12.1 Å². The molecule has 0 unspecified atom stereocenters. The van der Waals surface area contributed by atoms with E-state index in [1.165, 1.54) is 0 Å². The Balaban J connectivity index is 2.10. The van der Waals surface area contributed by atoms with Gasteiger partial charge in [-0.25, -0.2) is 4.79 Å². The Labute approximate surface area is 124 Å². The number of nitrogens with two attached hydrogens (primary N) is 1. The van der Waals surface area contributed by atoms with Crippen molar-refractivity contribution in [2.24, 2.45) is 11.7 Å². The Morgan fingerprint density at radius 3 is 2.71 bits per heavy atom. The maximum Gasteiger partial charge on any atom is 0.312 e. The first kappa shape index (κ1) is 15.2. The summed E-state index contributed by atoms with van der Waals surface area (Å²) < 4.78 is 5.57. The van der Waals surface area contributed by atoms with Crippen LogP contribution in [0.5, 0.6) is 5.75 Å². The second-order valence-corrected chi connectivity index (χ2v) is 5.47. The van der Waals surface area contributed by atoms with Gasteiger partial charge in [-0.2, -0.15) is 0 Å². The lowest BCUT2D eigenvalue weighted by molar-refractivity contribution is -0.124. The van der Waals surface area contributed by atoms with E-state index in [1.54, 1.807) is 0 Å². The van der Waals surface area contributed by atoms with Crippen molar-refractivity contribution in [2.75, 3.05) is 6.61 Å². The lowest BCUT2D eigenvalue weighted by atomic mass is 9.98. The minimum Gasteiger partial charge on any atom is -0.493 e. The SMILES string of the molecule is CC(C)[C@H](NC(N)=O)C(=O)N[C@@H]1CCOc2ccccc21. The number of amides is 3. The first-order chi connectivity index (χ1) is 9.99. The third-order valence-electron chi connectivity index (χ3n) is 3.52. The molecule has 1 aliphatic rings. The molecule has 21 heavy (non-hydrogen) atoms. The van der Waals surface area contributed by atoms with Crippen LogP contribution in [-0.2, 0) is 4.79 Å². The van der Waals surface area contributed by atoms with Crippen LogP contribution in [-0.4, -0.2) is 24.6 Å². The lowest BCUT2D eigenvalue weighted by Crippen LogP contribution is -2.52. The zero-order valence-corrected chi connectivity index (χ0v) is 12.3. The lowest BCUT2D eigenvalue weighted by Gasteiger charge is -2.29. The Morgan fingerprint density at radius 2 is 2.05 bits per heavy atom. The smallest absolute Gasteiger partial charge is 0.312 e. The average molecular weight is 291 g/mol. The van der Waals surface area contributed by atoms with E-state index in [4.69, 9.17) is 10.5 Å². The van der Waals surface area contributed by atoms with Crippen LogP contribution in [0.2, 0.25) is 0 Å². The average Bonchev–Trinajstić information content (AvgIpc) is 2.44. The first-order valence-electron chi connectivity index (χ1n) is 7.07. The molecule has 114 valence electrons. The number of urea groups is 1. The molecule has 2 atom stereocenters. The molecule has 0 radical (unpaired) electrons.